The Morgan fingerprint density at radius 2 is 1.50 bits per heavy atom. The van der Waals surface area contributed by atoms with Crippen molar-refractivity contribution in [1.82, 2.24) is 0 Å². The Labute approximate surface area is 143 Å². The number of nitrogen functional groups attached to an aromatic ring is 1. The lowest BCUT2D eigenvalue weighted by Gasteiger charge is -2.18. The van der Waals surface area contributed by atoms with Crippen LogP contribution in [-0.2, 0) is 0 Å². The van der Waals surface area contributed by atoms with E-state index >= 15 is 0 Å². The second kappa shape index (κ2) is 7.17. The van der Waals surface area contributed by atoms with E-state index in [1.165, 1.54) is 0 Å². The molecule has 0 radical (unpaired) electrons. The topological polar surface area (TPSA) is 57.0 Å². The minimum absolute atomic E-state index is 0.555. The minimum atomic E-state index is 0.555. The van der Waals surface area contributed by atoms with E-state index < -0.39 is 0 Å². The summed E-state index contributed by atoms with van der Waals surface area (Å²) in [6.45, 7) is 4.20. The lowest BCUT2D eigenvalue weighted by Crippen LogP contribution is -2.11. The molecular formula is C19H24N2O3. The lowest BCUT2D eigenvalue weighted by atomic mass is 9.98. The number of nitrogens with zero attached hydrogens (tertiary/aromatic N) is 1. The fourth-order valence-electron chi connectivity index (χ4n) is 2.57. The summed E-state index contributed by atoms with van der Waals surface area (Å²) in [5.41, 5.74) is 10.5. The van der Waals surface area contributed by atoms with Crippen molar-refractivity contribution in [2.45, 2.75) is 0 Å². The van der Waals surface area contributed by atoms with Gasteiger partial charge >= 0.3 is 0 Å². The third-order valence-corrected chi connectivity index (χ3v) is 3.87. The van der Waals surface area contributed by atoms with Crippen LogP contribution in [-0.4, -0.2) is 35.4 Å². The standard InChI is InChI=1S/C19H24N2O3/c1-12(13-7-8-16(21(2)3)15(20)9-13)14-10-17(22-4)19(24-6)18(11-14)23-5/h7-11H,1,20H2,2-6H3. The van der Waals surface area contributed by atoms with E-state index in [0.29, 0.717) is 22.9 Å². The highest BCUT2D eigenvalue weighted by atomic mass is 16.5. The molecule has 2 aromatic rings. The highest BCUT2D eigenvalue weighted by molar-refractivity contribution is 5.84. The van der Waals surface area contributed by atoms with Crippen molar-refractivity contribution in [3.8, 4) is 17.2 Å². The Bertz CT molecular complexity index is 729. The SMILES string of the molecule is C=C(c1ccc(N(C)C)c(N)c1)c1cc(OC)c(OC)c(OC)c1. The molecule has 0 aromatic heterocycles. The molecule has 0 aliphatic carbocycles. The molecule has 0 atom stereocenters. The zero-order valence-corrected chi connectivity index (χ0v) is 14.8. The van der Waals surface area contributed by atoms with Gasteiger partial charge in [-0.15, -0.1) is 0 Å². The number of anilines is 2. The number of ether oxygens (including phenoxy) is 3. The molecule has 0 saturated heterocycles. The molecule has 0 amide bonds. The van der Waals surface area contributed by atoms with E-state index in [1.54, 1.807) is 21.3 Å². The van der Waals surface area contributed by atoms with Crippen molar-refractivity contribution in [1.29, 1.82) is 0 Å². The summed E-state index contributed by atoms with van der Waals surface area (Å²) >= 11 is 0. The van der Waals surface area contributed by atoms with Crippen LogP contribution in [0.4, 0.5) is 11.4 Å². The van der Waals surface area contributed by atoms with Gasteiger partial charge in [-0.3, -0.25) is 0 Å². The first kappa shape index (κ1) is 17.5. The molecule has 128 valence electrons. The molecule has 24 heavy (non-hydrogen) atoms. The maximum atomic E-state index is 6.14. The van der Waals surface area contributed by atoms with Crippen LogP contribution in [0.15, 0.2) is 36.9 Å². The molecule has 5 heteroatoms. The predicted octanol–water partition coefficient (Wildman–Crippen LogP) is 3.42. The summed E-state index contributed by atoms with van der Waals surface area (Å²) in [6.07, 6.45) is 0. The van der Waals surface area contributed by atoms with Crippen molar-refractivity contribution in [3.05, 3.63) is 48.0 Å². The monoisotopic (exact) mass is 328 g/mol. The van der Waals surface area contributed by atoms with Gasteiger partial charge in [-0.1, -0.05) is 12.6 Å². The average Bonchev–Trinajstić information content (AvgIpc) is 2.59. The summed E-state index contributed by atoms with van der Waals surface area (Å²) < 4.78 is 16.2. The van der Waals surface area contributed by atoms with Gasteiger partial charge in [0.2, 0.25) is 5.75 Å². The second-order valence-corrected chi connectivity index (χ2v) is 5.56. The first-order valence-electron chi connectivity index (χ1n) is 7.49. The lowest BCUT2D eigenvalue weighted by molar-refractivity contribution is 0.324. The van der Waals surface area contributed by atoms with Crippen LogP contribution in [0.5, 0.6) is 17.2 Å². The second-order valence-electron chi connectivity index (χ2n) is 5.56. The van der Waals surface area contributed by atoms with Crippen molar-refractivity contribution in [3.63, 3.8) is 0 Å². The molecule has 0 heterocycles. The fraction of sp³-hybridized carbons (Fsp3) is 0.263. The average molecular weight is 328 g/mol. The number of rotatable bonds is 6. The van der Waals surface area contributed by atoms with Crippen molar-refractivity contribution in [2.24, 2.45) is 0 Å². The fourth-order valence-corrected chi connectivity index (χ4v) is 2.57. The maximum absolute atomic E-state index is 6.14. The van der Waals surface area contributed by atoms with Gasteiger partial charge in [-0.25, -0.2) is 0 Å². The zero-order chi connectivity index (χ0) is 17.9. The van der Waals surface area contributed by atoms with Crippen molar-refractivity contribution in [2.75, 3.05) is 46.1 Å². The van der Waals surface area contributed by atoms with Crippen LogP contribution in [0.25, 0.3) is 5.57 Å². The van der Waals surface area contributed by atoms with Gasteiger partial charge in [0.25, 0.3) is 0 Å². The highest BCUT2D eigenvalue weighted by Crippen LogP contribution is 2.41. The van der Waals surface area contributed by atoms with Gasteiger partial charge in [0.15, 0.2) is 11.5 Å². The largest absolute Gasteiger partial charge is 0.493 e. The molecule has 0 fully saturated rings. The zero-order valence-electron chi connectivity index (χ0n) is 14.8. The van der Waals surface area contributed by atoms with E-state index in [1.807, 2.05) is 49.3 Å². The molecule has 0 aliphatic heterocycles. The van der Waals surface area contributed by atoms with Crippen molar-refractivity contribution >= 4 is 16.9 Å². The third-order valence-electron chi connectivity index (χ3n) is 3.87. The summed E-state index contributed by atoms with van der Waals surface area (Å²) in [5.74, 6) is 1.73. The molecule has 2 N–H and O–H groups in total. The maximum Gasteiger partial charge on any atom is 0.203 e. The number of benzene rings is 2. The van der Waals surface area contributed by atoms with Crippen LogP contribution < -0.4 is 24.8 Å². The molecule has 0 spiro atoms. The summed E-state index contributed by atoms with van der Waals surface area (Å²) in [6, 6.07) is 9.64. The van der Waals surface area contributed by atoms with E-state index in [2.05, 4.69) is 6.58 Å². The Morgan fingerprint density at radius 1 is 0.917 bits per heavy atom. The van der Waals surface area contributed by atoms with E-state index in [-0.39, 0.29) is 0 Å². The minimum Gasteiger partial charge on any atom is -0.493 e. The number of nitrogens with two attached hydrogens (primary N) is 1. The van der Waals surface area contributed by atoms with Gasteiger partial charge in [0.05, 0.1) is 32.7 Å². The molecular weight excluding hydrogens is 304 g/mol. The summed E-state index contributed by atoms with van der Waals surface area (Å²) in [7, 11) is 8.68. The summed E-state index contributed by atoms with van der Waals surface area (Å²) in [5, 5.41) is 0. The normalized spacial score (nSPS) is 10.2. The van der Waals surface area contributed by atoms with Gasteiger partial charge < -0.3 is 24.8 Å². The number of hydrogen-bond donors (Lipinski definition) is 1. The summed E-state index contributed by atoms with van der Waals surface area (Å²) in [4.78, 5) is 1.97. The smallest absolute Gasteiger partial charge is 0.203 e. The highest BCUT2D eigenvalue weighted by Gasteiger charge is 2.15. The molecule has 2 rings (SSSR count). The van der Waals surface area contributed by atoms with Crippen LogP contribution in [0.1, 0.15) is 11.1 Å². The van der Waals surface area contributed by atoms with Gasteiger partial charge in [0, 0.05) is 14.1 Å². The molecule has 0 aliphatic rings. The third kappa shape index (κ3) is 3.25. The van der Waals surface area contributed by atoms with Crippen LogP contribution in [0, 0.1) is 0 Å². The number of hydrogen-bond acceptors (Lipinski definition) is 5. The van der Waals surface area contributed by atoms with Crippen LogP contribution >= 0.6 is 0 Å². The van der Waals surface area contributed by atoms with E-state index in [9.17, 15) is 0 Å². The molecule has 0 saturated carbocycles. The van der Waals surface area contributed by atoms with Crippen LogP contribution in [0.2, 0.25) is 0 Å². The van der Waals surface area contributed by atoms with Gasteiger partial charge in [-0.2, -0.15) is 0 Å². The Balaban J connectivity index is 2.48. The molecule has 0 unspecified atom stereocenters. The van der Waals surface area contributed by atoms with Crippen molar-refractivity contribution < 1.29 is 14.2 Å². The number of methoxy groups -OCH3 is 3. The van der Waals surface area contributed by atoms with E-state index in [4.69, 9.17) is 19.9 Å². The quantitative estimate of drug-likeness (QED) is 0.824. The Hall–Kier alpha value is -2.82. The Morgan fingerprint density at radius 3 is 1.92 bits per heavy atom. The molecule has 0 bridgehead atoms. The van der Waals surface area contributed by atoms with Crippen LogP contribution in [0.3, 0.4) is 0 Å². The van der Waals surface area contributed by atoms with Gasteiger partial charge in [-0.05, 0) is 41.0 Å². The van der Waals surface area contributed by atoms with E-state index in [0.717, 1.165) is 22.4 Å². The van der Waals surface area contributed by atoms with Gasteiger partial charge in [0.1, 0.15) is 0 Å². The molecule has 2 aromatic carbocycles. The Kier molecular flexibility index (Phi) is 5.24. The predicted molar refractivity (Wildman–Crippen MR) is 99.4 cm³/mol. The first-order chi connectivity index (χ1) is 11.4. The first-order valence-corrected chi connectivity index (χ1v) is 7.49. The molecule has 5 nitrogen and oxygen atoms in total.